The number of hydrogen-bond acceptors (Lipinski definition) is 4. The van der Waals surface area contributed by atoms with Crippen LogP contribution in [0.5, 0.6) is 5.88 Å². The van der Waals surface area contributed by atoms with E-state index in [1.165, 1.54) is 25.7 Å². The zero-order valence-corrected chi connectivity index (χ0v) is 14.6. The van der Waals surface area contributed by atoms with Gasteiger partial charge in [-0.25, -0.2) is 4.98 Å². The Morgan fingerprint density at radius 2 is 2.00 bits per heavy atom. The highest BCUT2D eigenvalue weighted by atomic mass is 16.5. The van der Waals surface area contributed by atoms with Gasteiger partial charge in [0.2, 0.25) is 5.88 Å². The van der Waals surface area contributed by atoms with Crippen molar-refractivity contribution in [3.05, 3.63) is 23.9 Å². The zero-order chi connectivity index (χ0) is 16.7. The molecule has 0 spiro atoms. The molecular formula is C18H29N3O2. The lowest BCUT2D eigenvalue weighted by molar-refractivity contribution is 0.0883. The van der Waals surface area contributed by atoms with Crippen LogP contribution in [0.3, 0.4) is 0 Å². The van der Waals surface area contributed by atoms with Crippen molar-refractivity contribution in [3.8, 4) is 5.88 Å². The van der Waals surface area contributed by atoms with Crippen molar-refractivity contribution in [1.29, 1.82) is 0 Å². The summed E-state index contributed by atoms with van der Waals surface area (Å²) >= 11 is 0. The predicted octanol–water partition coefficient (Wildman–Crippen LogP) is 2.86. The van der Waals surface area contributed by atoms with Gasteiger partial charge in [0, 0.05) is 18.3 Å². The van der Waals surface area contributed by atoms with Gasteiger partial charge in [0.1, 0.15) is 5.56 Å². The maximum Gasteiger partial charge on any atom is 0.257 e. The fourth-order valence-corrected chi connectivity index (χ4v) is 3.08. The molecule has 1 N–H and O–H groups in total. The Hall–Kier alpha value is -1.62. The molecule has 1 aliphatic rings. The first-order valence-corrected chi connectivity index (χ1v) is 8.64. The van der Waals surface area contributed by atoms with Crippen LogP contribution in [0, 0.1) is 0 Å². The normalized spacial score (nSPS) is 16.7. The summed E-state index contributed by atoms with van der Waals surface area (Å²) in [5, 5.41) is 3.14. The summed E-state index contributed by atoms with van der Waals surface area (Å²) in [4.78, 5) is 19.2. The maximum atomic E-state index is 12.6. The number of aromatic nitrogens is 1. The molecule has 0 saturated carbocycles. The number of amides is 1. The number of carbonyl (C=O) groups is 1. The van der Waals surface area contributed by atoms with Crippen LogP contribution in [0.4, 0.5) is 0 Å². The minimum absolute atomic E-state index is 0.124. The molecule has 0 aliphatic carbocycles. The van der Waals surface area contributed by atoms with Crippen LogP contribution in [0.1, 0.15) is 56.8 Å². The Labute approximate surface area is 139 Å². The van der Waals surface area contributed by atoms with Gasteiger partial charge in [-0.1, -0.05) is 12.8 Å². The molecule has 2 rings (SSSR count). The smallest absolute Gasteiger partial charge is 0.257 e. The molecule has 1 fully saturated rings. The van der Waals surface area contributed by atoms with Crippen LogP contribution in [0.25, 0.3) is 0 Å². The topological polar surface area (TPSA) is 54.5 Å². The lowest BCUT2D eigenvalue weighted by Gasteiger charge is -2.33. The van der Waals surface area contributed by atoms with E-state index in [2.05, 4.69) is 29.0 Å². The van der Waals surface area contributed by atoms with Crippen LogP contribution < -0.4 is 10.1 Å². The molecule has 128 valence electrons. The van der Waals surface area contributed by atoms with Crippen molar-refractivity contribution in [2.24, 2.45) is 0 Å². The maximum absolute atomic E-state index is 12.6. The van der Waals surface area contributed by atoms with Gasteiger partial charge in [-0.15, -0.1) is 0 Å². The Morgan fingerprint density at radius 1 is 1.30 bits per heavy atom. The molecule has 1 aromatic rings. The number of carbonyl (C=O) groups excluding carboxylic acids is 1. The predicted molar refractivity (Wildman–Crippen MR) is 91.9 cm³/mol. The van der Waals surface area contributed by atoms with E-state index in [0.717, 1.165) is 19.6 Å². The third kappa shape index (κ3) is 5.50. The second-order valence-corrected chi connectivity index (χ2v) is 6.82. The summed E-state index contributed by atoms with van der Waals surface area (Å²) in [5.74, 6) is 0.277. The van der Waals surface area contributed by atoms with E-state index in [-0.39, 0.29) is 11.4 Å². The summed E-state index contributed by atoms with van der Waals surface area (Å²) < 4.78 is 5.46. The minimum atomic E-state index is -0.291. The third-order valence-corrected chi connectivity index (χ3v) is 4.07. The van der Waals surface area contributed by atoms with Crippen molar-refractivity contribution < 1.29 is 9.53 Å². The Morgan fingerprint density at radius 3 is 2.65 bits per heavy atom. The van der Waals surface area contributed by atoms with E-state index in [9.17, 15) is 4.79 Å². The second kappa shape index (κ2) is 8.29. The summed E-state index contributed by atoms with van der Waals surface area (Å²) in [6.45, 7) is 9.64. The average Bonchev–Trinajstić information content (AvgIpc) is 2.75. The molecule has 5 nitrogen and oxygen atoms in total. The van der Waals surface area contributed by atoms with Crippen molar-refractivity contribution in [1.82, 2.24) is 15.2 Å². The lowest BCUT2D eigenvalue weighted by Crippen LogP contribution is -2.51. The van der Waals surface area contributed by atoms with Gasteiger partial charge in [-0.05, 0) is 58.8 Å². The van der Waals surface area contributed by atoms with E-state index < -0.39 is 0 Å². The van der Waals surface area contributed by atoms with E-state index in [1.54, 1.807) is 18.3 Å². The number of pyridine rings is 1. The Balaban J connectivity index is 2.00. The van der Waals surface area contributed by atoms with Crippen LogP contribution in [0.2, 0.25) is 0 Å². The number of ether oxygens (including phenoxy) is 1. The molecule has 5 heteroatoms. The summed E-state index contributed by atoms with van der Waals surface area (Å²) in [6, 6.07) is 3.52. The van der Waals surface area contributed by atoms with Gasteiger partial charge in [0.15, 0.2) is 0 Å². The highest BCUT2D eigenvalue weighted by Crippen LogP contribution is 2.17. The number of rotatable bonds is 6. The molecule has 23 heavy (non-hydrogen) atoms. The first-order chi connectivity index (χ1) is 11.0. The summed E-state index contributed by atoms with van der Waals surface area (Å²) in [7, 11) is 0. The molecule has 1 amide bonds. The minimum Gasteiger partial charge on any atom is -0.477 e. The average molecular weight is 319 g/mol. The Kier molecular flexibility index (Phi) is 6.39. The largest absolute Gasteiger partial charge is 0.477 e. The van der Waals surface area contributed by atoms with E-state index in [1.807, 2.05) is 6.92 Å². The van der Waals surface area contributed by atoms with Gasteiger partial charge in [0.05, 0.1) is 6.61 Å². The fourth-order valence-electron chi connectivity index (χ4n) is 3.08. The third-order valence-electron chi connectivity index (χ3n) is 4.07. The molecule has 0 bridgehead atoms. The highest BCUT2D eigenvalue weighted by molar-refractivity contribution is 5.96. The van der Waals surface area contributed by atoms with E-state index >= 15 is 0 Å². The van der Waals surface area contributed by atoms with Gasteiger partial charge >= 0.3 is 0 Å². The monoisotopic (exact) mass is 319 g/mol. The first kappa shape index (κ1) is 17.7. The van der Waals surface area contributed by atoms with Gasteiger partial charge < -0.3 is 15.0 Å². The van der Waals surface area contributed by atoms with E-state index in [0.29, 0.717) is 18.1 Å². The van der Waals surface area contributed by atoms with Crippen LogP contribution >= 0.6 is 0 Å². The molecule has 1 aromatic heterocycles. The molecule has 0 unspecified atom stereocenters. The summed E-state index contributed by atoms with van der Waals surface area (Å²) in [5.41, 5.74) is 0.207. The number of likely N-dealkylation sites (tertiary alicyclic amines) is 1. The number of nitrogens with zero attached hydrogens (tertiary/aromatic N) is 2. The molecule has 0 radical (unpaired) electrons. The molecule has 2 heterocycles. The number of hydrogen-bond donors (Lipinski definition) is 1. The zero-order valence-electron chi connectivity index (χ0n) is 14.6. The number of nitrogens with one attached hydrogen (secondary N) is 1. The van der Waals surface area contributed by atoms with Crippen LogP contribution in [-0.4, -0.2) is 47.6 Å². The van der Waals surface area contributed by atoms with Crippen LogP contribution in [0.15, 0.2) is 18.3 Å². The van der Waals surface area contributed by atoms with Crippen molar-refractivity contribution in [3.63, 3.8) is 0 Å². The van der Waals surface area contributed by atoms with Gasteiger partial charge in [-0.3, -0.25) is 4.79 Å². The summed E-state index contributed by atoms with van der Waals surface area (Å²) in [6.07, 6.45) is 6.78. The lowest BCUT2D eigenvalue weighted by atomic mass is 10.0. The van der Waals surface area contributed by atoms with Crippen molar-refractivity contribution in [2.75, 3.05) is 26.2 Å². The van der Waals surface area contributed by atoms with Crippen molar-refractivity contribution in [2.45, 2.75) is 52.0 Å². The molecule has 0 aromatic carbocycles. The van der Waals surface area contributed by atoms with Gasteiger partial charge in [0.25, 0.3) is 5.91 Å². The standard InChI is InChI=1S/C18H29N3O2/c1-4-23-17-15(10-9-11-19-17)16(22)20-18(2,3)14-21-12-7-5-6-8-13-21/h9-11H,4-8,12-14H2,1-3H3,(H,20,22). The first-order valence-electron chi connectivity index (χ1n) is 8.64. The quantitative estimate of drug-likeness (QED) is 0.876. The molecule has 0 atom stereocenters. The molecule has 1 aliphatic heterocycles. The molecular weight excluding hydrogens is 290 g/mol. The van der Waals surface area contributed by atoms with E-state index in [4.69, 9.17) is 4.74 Å². The SMILES string of the molecule is CCOc1ncccc1C(=O)NC(C)(C)CN1CCCCCC1. The fraction of sp³-hybridized carbons (Fsp3) is 0.667. The van der Waals surface area contributed by atoms with Crippen molar-refractivity contribution >= 4 is 5.91 Å². The second-order valence-electron chi connectivity index (χ2n) is 6.82. The van der Waals surface area contributed by atoms with Crippen LogP contribution in [-0.2, 0) is 0 Å². The van der Waals surface area contributed by atoms with Gasteiger partial charge in [-0.2, -0.15) is 0 Å². The Bertz CT molecular complexity index is 509. The highest BCUT2D eigenvalue weighted by Gasteiger charge is 2.26. The molecule has 1 saturated heterocycles.